The lowest BCUT2D eigenvalue weighted by Crippen LogP contribution is -2.45. The third-order valence-corrected chi connectivity index (χ3v) is 5.86. The van der Waals surface area contributed by atoms with Gasteiger partial charge in [0, 0.05) is 12.5 Å². The zero-order valence-corrected chi connectivity index (χ0v) is 19.7. The summed E-state index contributed by atoms with van der Waals surface area (Å²) in [6.07, 6.45) is 0.0894. The maximum atomic E-state index is 12.1. The van der Waals surface area contributed by atoms with Gasteiger partial charge in [0.25, 0.3) is 0 Å². The summed E-state index contributed by atoms with van der Waals surface area (Å²) in [7, 11) is 0. The van der Waals surface area contributed by atoms with Crippen molar-refractivity contribution >= 4 is 22.7 Å². The average molecular weight is 460 g/mol. The minimum absolute atomic E-state index is 0.139. The molecule has 0 radical (unpaired) electrons. The molecule has 176 valence electrons. The van der Waals surface area contributed by atoms with Crippen LogP contribution >= 0.6 is 0 Å². The minimum atomic E-state index is -0.975. The second-order valence-electron chi connectivity index (χ2n) is 9.53. The van der Waals surface area contributed by atoms with Crippen molar-refractivity contribution in [3.05, 3.63) is 89.1 Å². The minimum Gasteiger partial charge on any atom is -0.478 e. The Kier molecular flexibility index (Phi) is 6.85. The molecule has 1 aliphatic heterocycles. The fourth-order valence-corrected chi connectivity index (χ4v) is 4.32. The van der Waals surface area contributed by atoms with Gasteiger partial charge in [0.1, 0.15) is 6.10 Å². The van der Waals surface area contributed by atoms with E-state index in [4.69, 9.17) is 9.57 Å². The maximum Gasteiger partial charge on any atom is 0.335 e. The van der Waals surface area contributed by atoms with Crippen LogP contribution in [-0.4, -0.2) is 40.3 Å². The summed E-state index contributed by atoms with van der Waals surface area (Å²) >= 11 is 0. The van der Waals surface area contributed by atoms with Gasteiger partial charge in [-0.25, -0.2) is 14.7 Å². The number of aromatic carboxylic acids is 1. The summed E-state index contributed by atoms with van der Waals surface area (Å²) in [5, 5.41) is 13.1. The third-order valence-electron chi connectivity index (χ3n) is 5.86. The Morgan fingerprint density at radius 3 is 2.41 bits per heavy atom. The molecule has 0 saturated carbocycles. The molecule has 0 aromatic heterocycles. The van der Waals surface area contributed by atoms with Gasteiger partial charge in [0.15, 0.2) is 11.6 Å². The molecule has 1 saturated heterocycles. The lowest BCUT2D eigenvalue weighted by Gasteiger charge is -2.41. The van der Waals surface area contributed by atoms with Crippen molar-refractivity contribution in [2.45, 2.75) is 51.4 Å². The van der Waals surface area contributed by atoms with E-state index in [1.54, 1.807) is 29.3 Å². The lowest BCUT2D eigenvalue weighted by atomic mass is 9.85. The fraction of sp³-hybridized carbons (Fsp3) is 0.321. The number of carboxylic acid groups (broad SMARTS) is 1. The smallest absolute Gasteiger partial charge is 0.335 e. The lowest BCUT2D eigenvalue weighted by molar-refractivity contribution is -0.226. The van der Waals surface area contributed by atoms with Crippen LogP contribution in [0.5, 0.6) is 0 Å². The molecule has 1 N–H and O–H groups in total. The van der Waals surface area contributed by atoms with E-state index in [-0.39, 0.29) is 11.5 Å². The van der Waals surface area contributed by atoms with Crippen LogP contribution in [0.25, 0.3) is 10.8 Å². The molecule has 4 rings (SSSR count). The van der Waals surface area contributed by atoms with Gasteiger partial charge in [-0.15, -0.1) is 0 Å². The van der Waals surface area contributed by atoms with E-state index in [2.05, 4.69) is 30.2 Å². The van der Waals surface area contributed by atoms with Crippen molar-refractivity contribution in [2.75, 3.05) is 6.54 Å². The number of hydrogen-bond donors (Lipinski definition) is 1. The number of rotatable bonds is 6. The van der Waals surface area contributed by atoms with Crippen molar-refractivity contribution in [3.63, 3.8) is 0 Å². The first-order valence-corrected chi connectivity index (χ1v) is 11.4. The Labute approximate surface area is 199 Å². The van der Waals surface area contributed by atoms with Gasteiger partial charge in [-0.1, -0.05) is 48.5 Å². The van der Waals surface area contributed by atoms with Crippen LogP contribution in [0.3, 0.4) is 0 Å². The molecule has 3 aromatic rings. The molecule has 2 unspecified atom stereocenters. The highest BCUT2D eigenvalue weighted by molar-refractivity contribution is 5.87. The van der Waals surface area contributed by atoms with Crippen molar-refractivity contribution in [3.8, 4) is 0 Å². The molecule has 1 fully saturated rings. The number of carbonyl (C=O) groups excluding carboxylic acids is 1. The summed E-state index contributed by atoms with van der Waals surface area (Å²) in [5.74, 6) is 0.957. The number of carboxylic acids is 1. The molecule has 3 aromatic carbocycles. The van der Waals surface area contributed by atoms with E-state index in [0.717, 1.165) is 21.9 Å². The number of benzene rings is 3. The van der Waals surface area contributed by atoms with Gasteiger partial charge in [-0.3, -0.25) is 4.84 Å². The number of hydroxylamine groups is 2. The topological polar surface area (TPSA) is 76.1 Å². The normalized spacial score (nSPS) is 18.7. The van der Waals surface area contributed by atoms with Gasteiger partial charge < -0.3 is 9.84 Å². The van der Waals surface area contributed by atoms with Crippen LogP contribution in [-0.2, 0) is 21.0 Å². The quantitative estimate of drug-likeness (QED) is 0.500. The van der Waals surface area contributed by atoms with E-state index in [0.29, 0.717) is 25.3 Å². The van der Waals surface area contributed by atoms with E-state index >= 15 is 0 Å². The molecule has 1 heterocycles. The first-order chi connectivity index (χ1) is 16.2. The van der Waals surface area contributed by atoms with Crippen LogP contribution < -0.4 is 0 Å². The first kappa shape index (κ1) is 23.7. The molecule has 2 atom stereocenters. The van der Waals surface area contributed by atoms with Crippen molar-refractivity contribution in [1.82, 2.24) is 5.06 Å². The Morgan fingerprint density at radius 1 is 1.06 bits per heavy atom. The number of piperidine rings is 1. The van der Waals surface area contributed by atoms with Crippen LogP contribution in [0.1, 0.15) is 54.6 Å². The summed E-state index contributed by atoms with van der Waals surface area (Å²) in [4.78, 5) is 29.4. The molecular weight excluding hydrogens is 430 g/mol. The maximum absolute atomic E-state index is 12.1. The van der Waals surface area contributed by atoms with Gasteiger partial charge in [0.2, 0.25) is 0 Å². The zero-order valence-electron chi connectivity index (χ0n) is 19.7. The molecule has 34 heavy (non-hydrogen) atoms. The number of nitrogens with zero attached hydrogens (tertiary/aromatic N) is 1. The molecular formula is C28H29NO5. The van der Waals surface area contributed by atoms with Crippen molar-refractivity contribution in [1.29, 1.82) is 0 Å². The molecule has 0 spiro atoms. The summed E-state index contributed by atoms with van der Waals surface area (Å²) in [5.41, 5.74) is 1.96. The van der Waals surface area contributed by atoms with E-state index in [1.807, 2.05) is 39.0 Å². The van der Waals surface area contributed by atoms with Gasteiger partial charge in [0.05, 0.1) is 17.8 Å². The predicted molar refractivity (Wildman–Crippen MR) is 130 cm³/mol. The molecule has 0 aliphatic carbocycles. The first-order valence-electron chi connectivity index (χ1n) is 11.4. The fourth-order valence-electron chi connectivity index (χ4n) is 4.32. The molecule has 1 aliphatic rings. The standard InChI is InChI=1S/C28H29NO5/c1-28(2,3)34-29-15-14-24(21-10-12-22(13-11-21)27(31)32)26(25(29)17-30)33-18-19-8-9-20-6-4-5-7-23(20)16-19/h4-13,16,24,26H,14-15,18H2,1-3H3,(H,31,32). The number of hydrogen-bond acceptors (Lipinski definition) is 5. The van der Waals surface area contributed by atoms with E-state index in [1.165, 1.54) is 0 Å². The van der Waals surface area contributed by atoms with Crippen LogP contribution in [0.4, 0.5) is 0 Å². The SMILES string of the molecule is CC(C)(C)ON1CCC(c2ccc(C(=O)O)cc2)C(OCc2ccc3ccccc3c2)C1=C=O. The molecule has 0 amide bonds. The highest BCUT2D eigenvalue weighted by atomic mass is 16.7. The predicted octanol–water partition coefficient (Wildman–Crippen LogP) is 5.36. The highest BCUT2D eigenvalue weighted by Crippen LogP contribution is 2.37. The van der Waals surface area contributed by atoms with Crippen molar-refractivity contribution < 1.29 is 24.3 Å². The van der Waals surface area contributed by atoms with Crippen LogP contribution in [0.15, 0.2) is 72.4 Å². The van der Waals surface area contributed by atoms with Crippen molar-refractivity contribution in [2.24, 2.45) is 0 Å². The number of ether oxygens (including phenoxy) is 1. The Hall–Kier alpha value is -3.44. The Bertz CT molecular complexity index is 1220. The average Bonchev–Trinajstić information content (AvgIpc) is 2.81. The van der Waals surface area contributed by atoms with Crippen LogP contribution in [0.2, 0.25) is 0 Å². The molecule has 0 bridgehead atoms. The summed E-state index contributed by atoms with van der Waals surface area (Å²) in [6, 6.07) is 21.0. The highest BCUT2D eigenvalue weighted by Gasteiger charge is 2.38. The monoisotopic (exact) mass is 459 g/mol. The van der Waals surface area contributed by atoms with E-state index < -0.39 is 17.7 Å². The Morgan fingerprint density at radius 2 is 1.76 bits per heavy atom. The second-order valence-corrected chi connectivity index (χ2v) is 9.53. The van der Waals surface area contributed by atoms with Crippen LogP contribution in [0, 0.1) is 0 Å². The van der Waals surface area contributed by atoms with Gasteiger partial charge in [-0.05, 0) is 67.3 Å². The summed E-state index contributed by atoms with van der Waals surface area (Å²) < 4.78 is 6.37. The molecule has 6 heteroatoms. The second kappa shape index (κ2) is 9.82. The summed E-state index contributed by atoms with van der Waals surface area (Å²) in [6.45, 7) is 6.60. The Balaban J connectivity index is 1.63. The van der Waals surface area contributed by atoms with E-state index in [9.17, 15) is 14.7 Å². The van der Waals surface area contributed by atoms with Gasteiger partial charge >= 0.3 is 5.97 Å². The number of fused-ring (bicyclic) bond motifs is 1. The largest absolute Gasteiger partial charge is 0.478 e. The zero-order chi connectivity index (χ0) is 24.3. The third kappa shape index (κ3) is 5.37. The molecule has 6 nitrogen and oxygen atoms in total. The van der Waals surface area contributed by atoms with Gasteiger partial charge in [-0.2, -0.15) is 0 Å². The number of carbonyl (C=O) groups is 1.